The van der Waals surface area contributed by atoms with Gasteiger partial charge in [-0.2, -0.15) is 0 Å². The molecule has 0 unspecified atom stereocenters. The SMILES string of the molecule is CC.CC.O=C(CCN1CCC(OC(=O)Cc2ccccc2-c2ccccc2)CC1)Cc1cccc(C(=O)CCCNCc2ccccc2)c1. The van der Waals surface area contributed by atoms with Gasteiger partial charge in [-0.25, -0.2) is 0 Å². The molecule has 4 aromatic carbocycles. The molecule has 6 nitrogen and oxygen atoms in total. The summed E-state index contributed by atoms with van der Waals surface area (Å²) in [5.74, 6) is 0.0811. The van der Waals surface area contributed by atoms with Crippen molar-refractivity contribution < 1.29 is 19.1 Å². The molecule has 0 amide bonds. The Kier molecular flexibility index (Phi) is 18.5. The fraction of sp³-hybridized carbons (Fsp3) is 0.386. The van der Waals surface area contributed by atoms with Crippen LogP contribution in [-0.2, 0) is 33.7 Å². The van der Waals surface area contributed by atoms with E-state index in [1.807, 2.05) is 113 Å². The van der Waals surface area contributed by atoms with Crippen molar-refractivity contribution in [2.24, 2.45) is 0 Å². The van der Waals surface area contributed by atoms with Crippen LogP contribution in [0, 0.1) is 0 Å². The Hall–Kier alpha value is -4.39. The van der Waals surface area contributed by atoms with Gasteiger partial charge >= 0.3 is 5.97 Å². The molecule has 266 valence electrons. The topological polar surface area (TPSA) is 75.7 Å². The number of nitrogens with zero attached hydrogens (tertiary/aromatic N) is 1. The molecule has 1 heterocycles. The van der Waals surface area contributed by atoms with E-state index >= 15 is 0 Å². The van der Waals surface area contributed by atoms with Crippen LogP contribution in [0.15, 0.2) is 109 Å². The minimum Gasteiger partial charge on any atom is -0.462 e. The van der Waals surface area contributed by atoms with Crippen LogP contribution in [0.5, 0.6) is 0 Å². The molecule has 1 N–H and O–H groups in total. The molecule has 1 saturated heterocycles. The molecule has 0 radical (unpaired) electrons. The van der Waals surface area contributed by atoms with Gasteiger partial charge in [0.25, 0.3) is 0 Å². The number of Topliss-reactive ketones (excluding diaryl/α,β-unsaturated/α-hetero) is 2. The van der Waals surface area contributed by atoms with Gasteiger partial charge in [-0.15, -0.1) is 0 Å². The van der Waals surface area contributed by atoms with E-state index in [0.29, 0.717) is 31.4 Å². The number of esters is 1. The van der Waals surface area contributed by atoms with Crippen LogP contribution >= 0.6 is 0 Å². The number of likely N-dealkylation sites (tertiary alicyclic amines) is 1. The lowest BCUT2D eigenvalue weighted by molar-refractivity contribution is -0.150. The highest BCUT2D eigenvalue weighted by molar-refractivity contribution is 5.96. The highest BCUT2D eigenvalue weighted by atomic mass is 16.5. The minimum atomic E-state index is -0.197. The third-order valence-corrected chi connectivity index (χ3v) is 8.56. The lowest BCUT2D eigenvalue weighted by Gasteiger charge is -2.31. The third kappa shape index (κ3) is 13.9. The van der Waals surface area contributed by atoms with Crippen LogP contribution in [0.2, 0.25) is 0 Å². The van der Waals surface area contributed by atoms with Crippen molar-refractivity contribution in [2.75, 3.05) is 26.2 Å². The van der Waals surface area contributed by atoms with Crippen LogP contribution in [-0.4, -0.2) is 54.7 Å². The van der Waals surface area contributed by atoms with E-state index in [1.54, 1.807) is 0 Å². The number of piperidine rings is 1. The summed E-state index contributed by atoms with van der Waals surface area (Å²) in [5.41, 5.74) is 5.91. The molecule has 0 spiro atoms. The second kappa shape index (κ2) is 23.1. The molecular weight excluding hydrogens is 620 g/mol. The van der Waals surface area contributed by atoms with Gasteiger partial charge in [-0.3, -0.25) is 14.4 Å². The summed E-state index contributed by atoms with van der Waals surface area (Å²) in [6, 6.07) is 35.8. The Labute approximate surface area is 300 Å². The van der Waals surface area contributed by atoms with E-state index in [-0.39, 0.29) is 30.1 Å². The summed E-state index contributed by atoms with van der Waals surface area (Å²) in [7, 11) is 0. The third-order valence-electron chi connectivity index (χ3n) is 8.56. The second-order valence-corrected chi connectivity index (χ2v) is 12.1. The second-order valence-electron chi connectivity index (χ2n) is 12.1. The maximum Gasteiger partial charge on any atom is 0.310 e. The summed E-state index contributed by atoms with van der Waals surface area (Å²) in [6.07, 6.45) is 3.74. The maximum atomic E-state index is 12.8. The van der Waals surface area contributed by atoms with Gasteiger partial charge in [0.2, 0.25) is 0 Å². The zero-order valence-electron chi connectivity index (χ0n) is 30.5. The van der Waals surface area contributed by atoms with E-state index in [9.17, 15) is 14.4 Å². The first-order valence-electron chi connectivity index (χ1n) is 18.5. The molecule has 0 aromatic heterocycles. The van der Waals surface area contributed by atoms with Crippen molar-refractivity contribution >= 4 is 17.5 Å². The number of hydrogen-bond donors (Lipinski definition) is 1. The summed E-state index contributed by atoms with van der Waals surface area (Å²) in [5, 5.41) is 3.39. The van der Waals surface area contributed by atoms with Crippen molar-refractivity contribution in [1.82, 2.24) is 10.2 Å². The first-order valence-corrected chi connectivity index (χ1v) is 18.5. The number of ether oxygens (including phenoxy) is 1. The molecular formula is C44H56N2O4. The van der Waals surface area contributed by atoms with E-state index < -0.39 is 0 Å². The molecule has 6 heteroatoms. The minimum absolute atomic E-state index is 0.0942. The van der Waals surface area contributed by atoms with Gasteiger partial charge in [-0.1, -0.05) is 131 Å². The average Bonchev–Trinajstić information content (AvgIpc) is 3.17. The molecule has 0 saturated carbocycles. The molecule has 1 aliphatic heterocycles. The zero-order chi connectivity index (χ0) is 36.0. The van der Waals surface area contributed by atoms with Gasteiger partial charge in [-0.05, 0) is 59.7 Å². The molecule has 1 aliphatic rings. The van der Waals surface area contributed by atoms with Crippen LogP contribution in [0.25, 0.3) is 11.1 Å². The number of carbonyl (C=O) groups is 3. The summed E-state index contributed by atoms with van der Waals surface area (Å²) in [4.78, 5) is 40.7. The van der Waals surface area contributed by atoms with Crippen LogP contribution in [0.3, 0.4) is 0 Å². The Morgan fingerprint density at radius 3 is 2.08 bits per heavy atom. The Morgan fingerprint density at radius 2 is 1.36 bits per heavy atom. The number of benzene rings is 4. The molecule has 50 heavy (non-hydrogen) atoms. The lowest BCUT2D eigenvalue weighted by Crippen LogP contribution is -2.39. The van der Waals surface area contributed by atoms with Gasteiger partial charge in [0.1, 0.15) is 11.9 Å². The van der Waals surface area contributed by atoms with Gasteiger partial charge in [0, 0.05) is 51.0 Å². The first kappa shape index (κ1) is 40.0. The largest absolute Gasteiger partial charge is 0.462 e. The van der Waals surface area contributed by atoms with Crippen molar-refractivity contribution in [3.63, 3.8) is 0 Å². The highest BCUT2D eigenvalue weighted by Crippen LogP contribution is 2.25. The number of carbonyl (C=O) groups excluding carboxylic acids is 3. The predicted molar refractivity (Wildman–Crippen MR) is 205 cm³/mol. The monoisotopic (exact) mass is 676 g/mol. The quantitative estimate of drug-likeness (QED) is 0.0726. The number of hydrogen-bond acceptors (Lipinski definition) is 6. The maximum absolute atomic E-state index is 12.8. The molecule has 0 aliphatic carbocycles. The zero-order valence-corrected chi connectivity index (χ0v) is 30.5. The van der Waals surface area contributed by atoms with E-state index in [2.05, 4.69) is 34.5 Å². The summed E-state index contributed by atoms with van der Waals surface area (Å²) < 4.78 is 5.86. The fourth-order valence-corrected chi connectivity index (χ4v) is 6.01. The Morgan fingerprint density at radius 1 is 0.720 bits per heavy atom. The Balaban J connectivity index is 0.00000163. The number of rotatable bonds is 16. The predicted octanol–water partition coefficient (Wildman–Crippen LogP) is 8.91. The normalized spacial score (nSPS) is 12.9. The lowest BCUT2D eigenvalue weighted by atomic mass is 9.98. The van der Waals surface area contributed by atoms with Crippen molar-refractivity contribution in [2.45, 2.75) is 85.3 Å². The first-order chi connectivity index (χ1) is 24.5. The van der Waals surface area contributed by atoms with Crippen LogP contribution in [0.4, 0.5) is 0 Å². The number of nitrogens with one attached hydrogen (secondary N) is 1. The van der Waals surface area contributed by atoms with E-state index in [0.717, 1.165) is 67.7 Å². The summed E-state index contributed by atoms with van der Waals surface area (Å²) >= 11 is 0. The standard InChI is InChI=1S/C40H44N2O4.2C2H6/c43-36(28-32-13-9-17-35(27-32)39(44)19-10-23-41-30-31-11-3-1-4-12-31)20-24-42-25-21-37(22-26-42)46-40(45)29-34-16-7-8-18-38(34)33-14-5-2-6-15-33;2*1-2/h1-9,11-18,27,37,41H,10,19-26,28-30H2;2*1-2H3. The smallest absolute Gasteiger partial charge is 0.310 e. The molecule has 1 fully saturated rings. The highest BCUT2D eigenvalue weighted by Gasteiger charge is 2.23. The van der Waals surface area contributed by atoms with Gasteiger partial charge in [0.15, 0.2) is 5.78 Å². The molecule has 0 bridgehead atoms. The van der Waals surface area contributed by atoms with Gasteiger partial charge < -0.3 is 15.0 Å². The molecule has 0 atom stereocenters. The Bertz CT molecular complexity index is 1560. The fourth-order valence-electron chi connectivity index (χ4n) is 6.01. The molecule has 5 rings (SSSR count). The molecule has 4 aromatic rings. The van der Waals surface area contributed by atoms with Gasteiger partial charge in [0.05, 0.1) is 6.42 Å². The van der Waals surface area contributed by atoms with E-state index in [1.165, 1.54) is 5.56 Å². The van der Waals surface area contributed by atoms with Crippen LogP contribution < -0.4 is 5.32 Å². The number of ketones is 2. The average molecular weight is 677 g/mol. The van der Waals surface area contributed by atoms with Crippen molar-refractivity contribution in [3.8, 4) is 11.1 Å². The van der Waals surface area contributed by atoms with E-state index in [4.69, 9.17) is 4.74 Å². The van der Waals surface area contributed by atoms with Crippen LogP contribution in [0.1, 0.15) is 86.8 Å². The summed E-state index contributed by atoms with van der Waals surface area (Å²) in [6.45, 7) is 11.9. The van der Waals surface area contributed by atoms with Crippen molar-refractivity contribution in [1.29, 1.82) is 0 Å². The van der Waals surface area contributed by atoms with Crippen molar-refractivity contribution in [3.05, 3.63) is 131 Å².